The third-order valence-electron chi connectivity index (χ3n) is 3.39. The summed E-state index contributed by atoms with van der Waals surface area (Å²) in [5, 5.41) is 3.96. The van der Waals surface area contributed by atoms with Crippen molar-refractivity contribution in [2.75, 3.05) is 11.9 Å². The van der Waals surface area contributed by atoms with Crippen molar-refractivity contribution in [3.63, 3.8) is 0 Å². The largest absolute Gasteiger partial charge is 0.337 e. The van der Waals surface area contributed by atoms with Gasteiger partial charge in [-0.05, 0) is 11.5 Å². The summed E-state index contributed by atoms with van der Waals surface area (Å²) < 4.78 is 66.0. The summed E-state index contributed by atoms with van der Waals surface area (Å²) in [7, 11) is 0. The van der Waals surface area contributed by atoms with Gasteiger partial charge in [-0.1, -0.05) is 37.3 Å². The van der Waals surface area contributed by atoms with Gasteiger partial charge in [-0.25, -0.2) is 26.7 Å². The normalized spacial score (nSPS) is 11.9. The van der Waals surface area contributed by atoms with Gasteiger partial charge >= 0.3 is 6.03 Å². The molecule has 2 aromatic rings. The third-order valence-corrected chi connectivity index (χ3v) is 3.39. The molecule has 0 unspecified atom stereocenters. The first-order chi connectivity index (χ1) is 11.3. The van der Waals surface area contributed by atoms with E-state index in [9.17, 15) is 26.7 Å². The molecule has 1 atom stereocenters. The second kappa shape index (κ2) is 7.29. The molecular weight excluding hydrogens is 331 g/mol. The summed E-state index contributed by atoms with van der Waals surface area (Å²) >= 11 is 0. The van der Waals surface area contributed by atoms with Crippen LogP contribution < -0.4 is 10.6 Å². The van der Waals surface area contributed by atoms with E-state index in [1.54, 1.807) is 24.4 Å². The smallest absolute Gasteiger partial charge is 0.319 e. The molecule has 128 valence electrons. The van der Waals surface area contributed by atoms with Gasteiger partial charge in [-0.15, -0.1) is 0 Å². The minimum absolute atomic E-state index is 0.102. The highest BCUT2D eigenvalue weighted by Gasteiger charge is 2.26. The molecule has 8 heteroatoms. The van der Waals surface area contributed by atoms with Crippen LogP contribution in [0.4, 0.5) is 32.4 Å². The molecule has 0 radical (unpaired) electrons. The molecule has 0 aliphatic rings. The van der Waals surface area contributed by atoms with Crippen LogP contribution in [-0.2, 0) is 0 Å². The van der Waals surface area contributed by atoms with Gasteiger partial charge in [0.2, 0.25) is 5.82 Å². The van der Waals surface area contributed by atoms with Crippen LogP contribution in [0.1, 0.15) is 18.4 Å². The number of benzene rings is 2. The SMILES string of the molecule is C[C@@H](CNC(=O)Nc1c(F)c(F)c(F)c(F)c1F)c1ccccc1. The highest BCUT2D eigenvalue weighted by atomic mass is 19.2. The van der Waals surface area contributed by atoms with Crippen LogP contribution in [0.2, 0.25) is 0 Å². The Hall–Kier alpha value is -2.64. The van der Waals surface area contributed by atoms with Crippen LogP contribution in [0.3, 0.4) is 0 Å². The maximum Gasteiger partial charge on any atom is 0.319 e. The van der Waals surface area contributed by atoms with Gasteiger partial charge < -0.3 is 10.6 Å². The van der Waals surface area contributed by atoms with Crippen molar-refractivity contribution in [2.45, 2.75) is 12.8 Å². The summed E-state index contributed by atoms with van der Waals surface area (Å²) in [6.07, 6.45) is 0. The van der Waals surface area contributed by atoms with E-state index < -0.39 is 40.8 Å². The van der Waals surface area contributed by atoms with Crippen LogP contribution in [0.5, 0.6) is 0 Å². The van der Waals surface area contributed by atoms with Gasteiger partial charge in [0.15, 0.2) is 23.3 Å². The molecule has 3 nitrogen and oxygen atoms in total. The average molecular weight is 344 g/mol. The lowest BCUT2D eigenvalue weighted by Gasteiger charge is -2.14. The van der Waals surface area contributed by atoms with E-state index in [2.05, 4.69) is 5.32 Å². The molecule has 2 N–H and O–H groups in total. The highest BCUT2D eigenvalue weighted by molar-refractivity contribution is 5.89. The molecule has 0 bridgehead atoms. The van der Waals surface area contributed by atoms with Crippen LogP contribution in [-0.4, -0.2) is 12.6 Å². The van der Waals surface area contributed by atoms with Crippen LogP contribution in [0.25, 0.3) is 0 Å². The Bertz CT molecular complexity index is 723. The third kappa shape index (κ3) is 3.64. The van der Waals surface area contributed by atoms with Gasteiger partial charge in [-0.2, -0.15) is 0 Å². The van der Waals surface area contributed by atoms with Crippen molar-refractivity contribution >= 4 is 11.7 Å². The zero-order chi connectivity index (χ0) is 17.9. The Balaban J connectivity index is 2.06. The number of carbonyl (C=O) groups is 1. The van der Waals surface area contributed by atoms with Crippen molar-refractivity contribution in [3.05, 3.63) is 65.0 Å². The lowest BCUT2D eigenvalue weighted by Crippen LogP contribution is -2.32. The molecule has 2 aromatic carbocycles. The summed E-state index contributed by atoms with van der Waals surface area (Å²) in [6.45, 7) is 1.90. The van der Waals surface area contributed by atoms with E-state index in [1.165, 1.54) is 0 Å². The van der Waals surface area contributed by atoms with Crippen molar-refractivity contribution in [3.8, 4) is 0 Å². The predicted molar refractivity (Wildman–Crippen MR) is 78.1 cm³/mol. The second-order valence-electron chi connectivity index (χ2n) is 5.09. The monoisotopic (exact) mass is 344 g/mol. The van der Waals surface area contributed by atoms with Crippen LogP contribution in [0, 0.1) is 29.1 Å². The van der Waals surface area contributed by atoms with E-state index in [-0.39, 0.29) is 12.5 Å². The van der Waals surface area contributed by atoms with Gasteiger partial charge in [0.25, 0.3) is 0 Å². The molecule has 0 aromatic heterocycles. The van der Waals surface area contributed by atoms with Crippen molar-refractivity contribution in [1.29, 1.82) is 0 Å². The van der Waals surface area contributed by atoms with Gasteiger partial charge in [-0.3, -0.25) is 0 Å². The fourth-order valence-corrected chi connectivity index (χ4v) is 2.02. The van der Waals surface area contributed by atoms with Crippen molar-refractivity contribution < 1.29 is 26.7 Å². The van der Waals surface area contributed by atoms with Gasteiger partial charge in [0.05, 0.1) is 0 Å². The number of nitrogens with one attached hydrogen (secondary N) is 2. The fraction of sp³-hybridized carbons (Fsp3) is 0.188. The fourth-order valence-electron chi connectivity index (χ4n) is 2.02. The molecule has 0 saturated carbocycles. The quantitative estimate of drug-likeness (QED) is 0.484. The molecule has 0 aliphatic heterocycles. The number of carbonyl (C=O) groups excluding carboxylic acids is 1. The van der Waals surface area contributed by atoms with Gasteiger partial charge in [0, 0.05) is 6.54 Å². The highest BCUT2D eigenvalue weighted by Crippen LogP contribution is 2.27. The number of anilines is 1. The lowest BCUT2D eigenvalue weighted by atomic mass is 10.0. The standard InChI is InChI=1S/C16H13F5N2O/c1-8(9-5-3-2-4-6-9)7-22-16(24)23-15-13(20)11(18)10(17)12(19)14(15)21/h2-6,8H,7H2,1H3,(H2,22,23,24)/t8-/m0/s1. The Morgan fingerprint density at radius 3 is 1.96 bits per heavy atom. The number of rotatable bonds is 4. The van der Waals surface area contributed by atoms with E-state index >= 15 is 0 Å². The van der Waals surface area contributed by atoms with Crippen molar-refractivity contribution in [1.82, 2.24) is 5.32 Å². The topological polar surface area (TPSA) is 41.1 Å². The predicted octanol–water partition coefficient (Wildman–Crippen LogP) is 4.31. The number of hydrogen-bond acceptors (Lipinski definition) is 1. The molecule has 2 amide bonds. The summed E-state index contributed by atoms with van der Waals surface area (Å²) in [4.78, 5) is 11.7. The molecule has 2 rings (SSSR count). The maximum absolute atomic E-state index is 13.5. The number of hydrogen-bond donors (Lipinski definition) is 2. The number of amides is 2. The average Bonchev–Trinajstić information content (AvgIpc) is 2.60. The lowest BCUT2D eigenvalue weighted by molar-refractivity contribution is 0.251. The molecular formula is C16H13F5N2O. The minimum atomic E-state index is -2.28. The molecule has 24 heavy (non-hydrogen) atoms. The van der Waals surface area contributed by atoms with E-state index in [4.69, 9.17) is 0 Å². The zero-order valence-electron chi connectivity index (χ0n) is 12.5. The minimum Gasteiger partial charge on any atom is -0.337 e. The maximum atomic E-state index is 13.5. The molecule has 0 heterocycles. The van der Waals surface area contributed by atoms with Gasteiger partial charge in [0.1, 0.15) is 5.69 Å². The van der Waals surface area contributed by atoms with Crippen LogP contribution >= 0.6 is 0 Å². The Kier molecular flexibility index (Phi) is 5.38. The summed E-state index contributed by atoms with van der Waals surface area (Å²) in [6, 6.07) is 8.00. The molecule has 0 aliphatic carbocycles. The van der Waals surface area contributed by atoms with E-state index in [1.807, 2.05) is 18.2 Å². The van der Waals surface area contributed by atoms with Crippen LogP contribution in [0.15, 0.2) is 30.3 Å². The zero-order valence-corrected chi connectivity index (χ0v) is 12.5. The first-order valence-electron chi connectivity index (χ1n) is 6.94. The number of halogens is 5. The number of urea groups is 1. The first kappa shape index (κ1) is 17.7. The van der Waals surface area contributed by atoms with Crippen molar-refractivity contribution in [2.24, 2.45) is 0 Å². The van der Waals surface area contributed by atoms with E-state index in [0.29, 0.717) is 0 Å². The first-order valence-corrected chi connectivity index (χ1v) is 6.94. The molecule has 0 saturated heterocycles. The van der Waals surface area contributed by atoms with E-state index in [0.717, 1.165) is 5.56 Å². The Morgan fingerprint density at radius 2 is 1.42 bits per heavy atom. The summed E-state index contributed by atoms with van der Waals surface area (Å²) in [5.41, 5.74) is -0.481. The molecule has 0 fully saturated rings. The second-order valence-corrected chi connectivity index (χ2v) is 5.09. The molecule has 0 spiro atoms. The Labute approximate surface area is 134 Å². The summed E-state index contributed by atoms with van der Waals surface area (Å²) in [5.74, 6) is -10.8. The Morgan fingerprint density at radius 1 is 0.917 bits per heavy atom.